The summed E-state index contributed by atoms with van der Waals surface area (Å²) in [5.74, 6) is -0.918. The van der Waals surface area contributed by atoms with Gasteiger partial charge in [0.05, 0.1) is 31.1 Å². The van der Waals surface area contributed by atoms with E-state index in [4.69, 9.17) is 9.22 Å². The fourth-order valence-electron chi connectivity index (χ4n) is 4.57. The second kappa shape index (κ2) is 8.86. The second-order valence-electron chi connectivity index (χ2n) is 8.01. The minimum absolute atomic E-state index is 0.0408. The number of fused-ring (bicyclic) bond motifs is 3. The van der Waals surface area contributed by atoms with Crippen molar-refractivity contribution in [2.45, 2.75) is 50.5 Å². The highest BCUT2D eigenvalue weighted by atomic mass is 32.2. The molecule has 7 heteroatoms. The average Bonchev–Trinajstić information content (AvgIpc) is 3.26. The van der Waals surface area contributed by atoms with Crippen LogP contribution in [-0.4, -0.2) is 28.5 Å². The van der Waals surface area contributed by atoms with Crippen LogP contribution in [0.15, 0.2) is 41.3 Å². The number of Topliss-reactive ketones (excluding diaryl/α,β-unsaturated/α-hetero) is 1. The molecule has 1 aliphatic carbocycles. The highest BCUT2D eigenvalue weighted by Gasteiger charge is 2.33. The maximum absolute atomic E-state index is 12.6. The second-order valence-corrected chi connectivity index (χ2v) is 8.78. The molecule has 1 atom stereocenters. The van der Waals surface area contributed by atoms with Crippen molar-refractivity contribution in [3.63, 3.8) is 0 Å². The van der Waals surface area contributed by atoms with Gasteiger partial charge in [-0.15, -0.1) is 0 Å². The smallest absolute Gasteiger partial charge is 0.304 e. The number of nitrogens with zero attached hydrogens (tertiary/aromatic N) is 1. The van der Waals surface area contributed by atoms with Crippen molar-refractivity contribution in [2.75, 3.05) is 7.11 Å². The first kappa shape index (κ1) is 21.6. The quantitative estimate of drug-likeness (QED) is 0.222. The van der Waals surface area contributed by atoms with E-state index in [9.17, 15) is 14.7 Å². The number of benzene rings is 2. The van der Waals surface area contributed by atoms with Crippen LogP contribution in [0.1, 0.15) is 58.4 Å². The predicted octanol–water partition coefficient (Wildman–Crippen LogP) is 5.29. The van der Waals surface area contributed by atoms with Crippen molar-refractivity contribution in [1.29, 1.82) is 0 Å². The lowest BCUT2D eigenvalue weighted by Crippen LogP contribution is -2.12. The maximum Gasteiger partial charge on any atom is 0.304 e. The Morgan fingerprint density at radius 1 is 1.23 bits per heavy atom. The van der Waals surface area contributed by atoms with Gasteiger partial charge in [0.2, 0.25) is 0 Å². The molecule has 162 valence electrons. The molecular formula is C24H25NO5S. The lowest BCUT2D eigenvalue weighted by Gasteiger charge is -2.17. The van der Waals surface area contributed by atoms with E-state index in [1.54, 1.807) is 6.92 Å². The summed E-state index contributed by atoms with van der Waals surface area (Å²) < 4.78 is 7.20. The van der Waals surface area contributed by atoms with E-state index < -0.39 is 5.97 Å². The number of hydrogen-bond acceptors (Lipinski definition) is 5. The zero-order valence-corrected chi connectivity index (χ0v) is 18.6. The summed E-state index contributed by atoms with van der Waals surface area (Å²) in [7, 11) is 1.43. The molecule has 0 fully saturated rings. The third-order valence-electron chi connectivity index (χ3n) is 5.87. The standard InChI is InChI=1S/C24H25NO5S/c1-14-4-6-16(7-5-14)13-25-23-17(10-22(27)28)8-9-19(23)21-12-18(31-30-29-3)11-20(15(2)26)24(21)25/h4-7,11-12,17H,8-10,13H2,1-3H3,(H,27,28)/t17-/m1/s1. The van der Waals surface area contributed by atoms with Crippen LogP contribution in [-0.2, 0) is 27.0 Å². The molecule has 2 aromatic carbocycles. The van der Waals surface area contributed by atoms with Gasteiger partial charge in [0.25, 0.3) is 0 Å². The minimum Gasteiger partial charge on any atom is -0.481 e. The van der Waals surface area contributed by atoms with Gasteiger partial charge in [-0.3, -0.25) is 9.59 Å². The molecule has 0 radical (unpaired) electrons. The molecular weight excluding hydrogens is 414 g/mol. The minimum atomic E-state index is -0.804. The first-order valence-corrected chi connectivity index (χ1v) is 11.0. The van der Waals surface area contributed by atoms with Gasteiger partial charge in [-0.2, -0.15) is 4.33 Å². The highest BCUT2D eigenvalue weighted by molar-refractivity contribution is 7.94. The predicted molar refractivity (Wildman–Crippen MR) is 119 cm³/mol. The fraction of sp³-hybridized carbons (Fsp3) is 0.333. The maximum atomic E-state index is 12.6. The number of carbonyl (C=O) groups is 2. The molecule has 0 saturated heterocycles. The first-order valence-electron chi connectivity index (χ1n) is 10.2. The Labute approximate surface area is 185 Å². The Bertz CT molecular complexity index is 1150. The molecule has 31 heavy (non-hydrogen) atoms. The third kappa shape index (κ3) is 4.26. The topological polar surface area (TPSA) is 77.8 Å². The Morgan fingerprint density at radius 3 is 2.61 bits per heavy atom. The van der Waals surface area contributed by atoms with Crippen LogP contribution in [0.25, 0.3) is 10.9 Å². The van der Waals surface area contributed by atoms with Gasteiger partial charge in [0.1, 0.15) is 0 Å². The number of carboxylic acids is 1. The lowest BCUT2D eigenvalue weighted by atomic mass is 10.0. The van der Waals surface area contributed by atoms with Crippen LogP contribution in [0, 0.1) is 6.92 Å². The van der Waals surface area contributed by atoms with E-state index in [-0.39, 0.29) is 18.1 Å². The summed E-state index contributed by atoms with van der Waals surface area (Å²) in [5, 5.41) is 10.5. The monoisotopic (exact) mass is 439 g/mol. The SMILES string of the molecule is COOSc1cc(C(C)=O)c2c(c1)c1c(n2Cc2ccc(C)cc2)[C@@H](CC(=O)O)CC1. The molecule has 0 amide bonds. The zero-order chi connectivity index (χ0) is 22.1. The molecule has 0 saturated carbocycles. The largest absolute Gasteiger partial charge is 0.481 e. The summed E-state index contributed by atoms with van der Waals surface area (Å²) in [6.45, 7) is 4.19. The third-order valence-corrected chi connectivity index (χ3v) is 6.50. The fourth-order valence-corrected chi connectivity index (χ4v) is 5.05. The van der Waals surface area contributed by atoms with Gasteiger partial charge in [0.15, 0.2) is 5.78 Å². The van der Waals surface area contributed by atoms with Crippen LogP contribution in [0.4, 0.5) is 0 Å². The molecule has 6 nitrogen and oxygen atoms in total. The molecule has 0 bridgehead atoms. The van der Waals surface area contributed by atoms with Crippen molar-refractivity contribution in [2.24, 2.45) is 0 Å². The summed E-state index contributed by atoms with van der Waals surface area (Å²) in [6.07, 6.45) is 1.67. The first-order chi connectivity index (χ1) is 14.9. The van der Waals surface area contributed by atoms with E-state index >= 15 is 0 Å². The van der Waals surface area contributed by atoms with Crippen LogP contribution in [0.5, 0.6) is 0 Å². The molecule has 1 aromatic heterocycles. The van der Waals surface area contributed by atoms with Crippen molar-refractivity contribution in [3.05, 3.63) is 64.3 Å². The molecule has 0 unspecified atom stereocenters. The van der Waals surface area contributed by atoms with Gasteiger partial charge in [-0.1, -0.05) is 29.8 Å². The Morgan fingerprint density at radius 2 is 1.97 bits per heavy atom. The number of carbonyl (C=O) groups excluding carboxylic acids is 1. The highest BCUT2D eigenvalue weighted by Crippen LogP contribution is 2.44. The van der Waals surface area contributed by atoms with Gasteiger partial charge in [-0.05, 0) is 49.9 Å². The Kier molecular flexibility index (Phi) is 6.18. The van der Waals surface area contributed by atoms with Gasteiger partial charge in [-0.25, -0.2) is 4.89 Å². The van der Waals surface area contributed by atoms with E-state index in [1.807, 2.05) is 19.1 Å². The number of aromatic nitrogens is 1. The summed E-state index contributed by atoms with van der Waals surface area (Å²) >= 11 is 1.06. The lowest BCUT2D eigenvalue weighted by molar-refractivity contribution is -0.160. The average molecular weight is 440 g/mol. The molecule has 0 aliphatic heterocycles. The molecule has 1 heterocycles. The summed E-state index contributed by atoms with van der Waals surface area (Å²) in [6, 6.07) is 12.1. The van der Waals surface area contributed by atoms with Crippen LogP contribution >= 0.6 is 12.0 Å². The number of aliphatic carboxylic acids is 1. The molecule has 3 aromatic rings. The van der Waals surface area contributed by atoms with E-state index in [2.05, 4.69) is 28.8 Å². The van der Waals surface area contributed by atoms with Gasteiger partial charge in [0, 0.05) is 34.0 Å². The summed E-state index contributed by atoms with van der Waals surface area (Å²) in [4.78, 5) is 29.7. The Balaban J connectivity index is 1.94. The normalized spacial score (nSPS) is 15.4. The molecule has 1 aliphatic rings. The van der Waals surface area contributed by atoms with Crippen LogP contribution in [0.3, 0.4) is 0 Å². The Hall–Kier alpha value is -2.61. The zero-order valence-electron chi connectivity index (χ0n) is 17.8. The van der Waals surface area contributed by atoms with E-state index in [0.29, 0.717) is 12.1 Å². The van der Waals surface area contributed by atoms with Crippen molar-refractivity contribution < 1.29 is 23.9 Å². The van der Waals surface area contributed by atoms with E-state index in [0.717, 1.165) is 57.5 Å². The number of aryl methyl sites for hydroxylation is 2. The molecule has 0 spiro atoms. The number of rotatable bonds is 8. The molecule has 4 rings (SSSR count). The van der Waals surface area contributed by atoms with Gasteiger partial charge >= 0.3 is 5.97 Å². The number of carboxylic acid groups (broad SMARTS) is 1. The summed E-state index contributed by atoms with van der Waals surface area (Å²) in [5.41, 5.74) is 5.94. The van der Waals surface area contributed by atoms with Crippen LogP contribution in [0.2, 0.25) is 0 Å². The number of hydrogen-bond donors (Lipinski definition) is 1. The number of ketones is 1. The van der Waals surface area contributed by atoms with Crippen molar-refractivity contribution in [1.82, 2.24) is 4.57 Å². The van der Waals surface area contributed by atoms with Crippen molar-refractivity contribution >= 4 is 34.7 Å². The van der Waals surface area contributed by atoms with Crippen molar-refractivity contribution in [3.8, 4) is 0 Å². The van der Waals surface area contributed by atoms with E-state index in [1.165, 1.54) is 12.7 Å². The van der Waals surface area contributed by atoms with Crippen LogP contribution < -0.4 is 0 Å². The van der Waals surface area contributed by atoms with Gasteiger partial charge < -0.3 is 9.67 Å². The molecule has 1 N–H and O–H groups in total.